The first-order valence-corrected chi connectivity index (χ1v) is 5.71. The molecule has 4 heteroatoms. The third kappa shape index (κ3) is 2.09. The minimum Gasteiger partial charge on any atom is -0.465 e. The monoisotopic (exact) mass is 223 g/mol. The maximum atomic E-state index is 11.3. The SMILES string of the molecule is COC(=O)c1ccc2c(c1)SC(C)CN2. The van der Waals surface area contributed by atoms with Gasteiger partial charge in [0.2, 0.25) is 0 Å². The van der Waals surface area contributed by atoms with E-state index in [1.807, 2.05) is 12.1 Å². The number of methoxy groups -OCH3 is 1. The predicted molar refractivity (Wildman–Crippen MR) is 61.6 cm³/mol. The molecule has 0 aliphatic carbocycles. The molecule has 2 rings (SSSR count). The molecular weight excluding hydrogens is 210 g/mol. The Morgan fingerprint density at radius 1 is 1.60 bits per heavy atom. The zero-order chi connectivity index (χ0) is 10.8. The largest absolute Gasteiger partial charge is 0.465 e. The highest BCUT2D eigenvalue weighted by Gasteiger charge is 2.17. The summed E-state index contributed by atoms with van der Waals surface area (Å²) in [6.07, 6.45) is 0. The number of benzene rings is 1. The van der Waals surface area contributed by atoms with Crippen LogP contribution < -0.4 is 5.32 Å². The fourth-order valence-corrected chi connectivity index (χ4v) is 2.59. The Morgan fingerprint density at radius 3 is 3.13 bits per heavy atom. The first kappa shape index (κ1) is 10.4. The molecule has 80 valence electrons. The Labute approximate surface area is 93.2 Å². The number of anilines is 1. The molecule has 1 atom stereocenters. The van der Waals surface area contributed by atoms with Gasteiger partial charge in [0.05, 0.1) is 12.7 Å². The molecule has 0 fully saturated rings. The predicted octanol–water partition coefficient (Wildman–Crippen LogP) is 2.38. The Bertz CT molecular complexity index is 392. The number of fused-ring (bicyclic) bond motifs is 1. The van der Waals surface area contributed by atoms with E-state index >= 15 is 0 Å². The van der Waals surface area contributed by atoms with Gasteiger partial charge in [-0.3, -0.25) is 0 Å². The van der Waals surface area contributed by atoms with Crippen LogP contribution in [0.3, 0.4) is 0 Å². The number of hydrogen-bond acceptors (Lipinski definition) is 4. The van der Waals surface area contributed by atoms with Crippen LogP contribution in [0.25, 0.3) is 0 Å². The second-order valence-corrected chi connectivity index (χ2v) is 4.99. The molecule has 0 amide bonds. The molecule has 0 radical (unpaired) electrons. The van der Waals surface area contributed by atoms with Crippen molar-refractivity contribution in [1.29, 1.82) is 0 Å². The van der Waals surface area contributed by atoms with Crippen LogP contribution in [0.15, 0.2) is 23.1 Å². The lowest BCUT2D eigenvalue weighted by Crippen LogP contribution is -2.18. The summed E-state index contributed by atoms with van der Waals surface area (Å²) in [6, 6.07) is 5.60. The van der Waals surface area contributed by atoms with Crippen LogP contribution in [0.2, 0.25) is 0 Å². The van der Waals surface area contributed by atoms with Gasteiger partial charge in [-0.2, -0.15) is 0 Å². The highest BCUT2D eigenvalue weighted by molar-refractivity contribution is 8.00. The zero-order valence-corrected chi connectivity index (χ0v) is 9.56. The minimum atomic E-state index is -0.281. The number of carbonyl (C=O) groups excluding carboxylic acids is 1. The van der Waals surface area contributed by atoms with E-state index in [0.717, 1.165) is 17.1 Å². The zero-order valence-electron chi connectivity index (χ0n) is 8.74. The van der Waals surface area contributed by atoms with Crippen LogP contribution in [0.4, 0.5) is 5.69 Å². The fourth-order valence-electron chi connectivity index (χ4n) is 1.52. The van der Waals surface area contributed by atoms with E-state index in [1.165, 1.54) is 7.11 Å². The first-order valence-electron chi connectivity index (χ1n) is 4.83. The normalized spacial score (nSPS) is 18.9. The van der Waals surface area contributed by atoms with Crippen molar-refractivity contribution in [3.05, 3.63) is 23.8 Å². The highest BCUT2D eigenvalue weighted by atomic mass is 32.2. The van der Waals surface area contributed by atoms with E-state index < -0.39 is 0 Å². The molecule has 1 N–H and O–H groups in total. The molecule has 1 aliphatic rings. The van der Waals surface area contributed by atoms with Crippen molar-refractivity contribution in [2.24, 2.45) is 0 Å². The second-order valence-electron chi connectivity index (χ2n) is 3.51. The van der Waals surface area contributed by atoms with Gasteiger partial charge in [0.1, 0.15) is 0 Å². The van der Waals surface area contributed by atoms with Crippen LogP contribution in [0.1, 0.15) is 17.3 Å². The number of ether oxygens (including phenoxy) is 1. The lowest BCUT2D eigenvalue weighted by atomic mass is 10.2. The standard InChI is InChI=1S/C11H13NO2S/c1-7-6-12-9-4-3-8(11(13)14-2)5-10(9)15-7/h3-5,7,12H,6H2,1-2H3. The van der Waals surface area contributed by atoms with E-state index in [0.29, 0.717) is 10.8 Å². The molecule has 1 heterocycles. The first-order chi connectivity index (χ1) is 7.20. The van der Waals surface area contributed by atoms with E-state index in [4.69, 9.17) is 0 Å². The van der Waals surface area contributed by atoms with Gasteiger partial charge in [-0.25, -0.2) is 4.79 Å². The molecule has 0 aromatic heterocycles. The van der Waals surface area contributed by atoms with Crippen LogP contribution in [-0.2, 0) is 4.74 Å². The molecule has 0 saturated heterocycles. The number of nitrogens with one attached hydrogen (secondary N) is 1. The maximum absolute atomic E-state index is 11.3. The minimum absolute atomic E-state index is 0.281. The Hall–Kier alpha value is -1.16. The van der Waals surface area contributed by atoms with Crippen molar-refractivity contribution in [3.63, 3.8) is 0 Å². The number of hydrogen-bond donors (Lipinski definition) is 1. The van der Waals surface area contributed by atoms with E-state index in [2.05, 4.69) is 17.0 Å². The molecule has 1 unspecified atom stereocenters. The number of rotatable bonds is 1. The summed E-state index contributed by atoms with van der Waals surface area (Å²) >= 11 is 1.78. The molecule has 1 aliphatic heterocycles. The van der Waals surface area contributed by atoms with Crippen LogP contribution in [0, 0.1) is 0 Å². The molecule has 0 spiro atoms. The lowest BCUT2D eigenvalue weighted by molar-refractivity contribution is 0.0600. The Morgan fingerprint density at radius 2 is 2.40 bits per heavy atom. The van der Waals surface area contributed by atoms with E-state index in [1.54, 1.807) is 17.8 Å². The van der Waals surface area contributed by atoms with Gasteiger partial charge < -0.3 is 10.1 Å². The fraction of sp³-hybridized carbons (Fsp3) is 0.364. The third-order valence-electron chi connectivity index (χ3n) is 2.31. The van der Waals surface area contributed by atoms with Crippen molar-refractivity contribution in [2.75, 3.05) is 19.0 Å². The van der Waals surface area contributed by atoms with Crippen LogP contribution in [-0.4, -0.2) is 24.9 Å². The average Bonchev–Trinajstić information content (AvgIpc) is 2.27. The van der Waals surface area contributed by atoms with E-state index in [9.17, 15) is 4.79 Å². The van der Waals surface area contributed by atoms with Gasteiger partial charge in [-0.1, -0.05) is 6.92 Å². The van der Waals surface area contributed by atoms with Gasteiger partial charge in [0, 0.05) is 22.4 Å². The topological polar surface area (TPSA) is 38.3 Å². The summed E-state index contributed by atoms with van der Waals surface area (Å²) in [4.78, 5) is 12.5. The number of thioether (sulfide) groups is 1. The average molecular weight is 223 g/mol. The molecule has 0 saturated carbocycles. The van der Waals surface area contributed by atoms with Gasteiger partial charge in [0.15, 0.2) is 0 Å². The summed E-state index contributed by atoms with van der Waals surface area (Å²) in [5.74, 6) is -0.281. The van der Waals surface area contributed by atoms with Crippen molar-refractivity contribution >= 4 is 23.4 Å². The van der Waals surface area contributed by atoms with E-state index in [-0.39, 0.29) is 5.97 Å². The maximum Gasteiger partial charge on any atom is 0.337 e. The Balaban J connectivity index is 2.32. The molecule has 1 aromatic carbocycles. The van der Waals surface area contributed by atoms with Crippen molar-refractivity contribution < 1.29 is 9.53 Å². The van der Waals surface area contributed by atoms with Crippen LogP contribution >= 0.6 is 11.8 Å². The quantitative estimate of drug-likeness (QED) is 0.742. The Kier molecular flexibility index (Phi) is 2.86. The summed E-state index contributed by atoms with van der Waals surface area (Å²) in [5, 5.41) is 3.86. The second kappa shape index (κ2) is 4.14. The summed E-state index contributed by atoms with van der Waals surface area (Å²) < 4.78 is 4.69. The lowest BCUT2D eigenvalue weighted by Gasteiger charge is -2.22. The summed E-state index contributed by atoms with van der Waals surface area (Å²) in [7, 11) is 1.40. The highest BCUT2D eigenvalue weighted by Crippen LogP contribution is 2.35. The van der Waals surface area contributed by atoms with Gasteiger partial charge in [-0.05, 0) is 18.2 Å². The number of carbonyl (C=O) groups is 1. The van der Waals surface area contributed by atoms with Gasteiger partial charge in [-0.15, -0.1) is 11.8 Å². The number of esters is 1. The van der Waals surface area contributed by atoms with Gasteiger partial charge in [0.25, 0.3) is 0 Å². The molecule has 15 heavy (non-hydrogen) atoms. The van der Waals surface area contributed by atoms with Gasteiger partial charge >= 0.3 is 5.97 Å². The van der Waals surface area contributed by atoms with Crippen LogP contribution in [0.5, 0.6) is 0 Å². The molecule has 1 aromatic rings. The molecule has 3 nitrogen and oxygen atoms in total. The third-order valence-corrected chi connectivity index (χ3v) is 3.47. The summed E-state index contributed by atoms with van der Waals surface area (Å²) in [6.45, 7) is 3.13. The van der Waals surface area contributed by atoms with Crippen molar-refractivity contribution in [1.82, 2.24) is 0 Å². The smallest absolute Gasteiger partial charge is 0.337 e. The summed E-state index contributed by atoms with van der Waals surface area (Å²) in [5.41, 5.74) is 1.71. The molecule has 0 bridgehead atoms. The molecular formula is C11H13NO2S. The van der Waals surface area contributed by atoms with Crippen molar-refractivity contribution in [2.45, 2.75) is 17.1 Å². The van der Waals surface area contributed by atoms with Crippen molar-refractivity contribution in [3.8, 4) is 0 Å².